The Hall–Kier alpha value is -2.97. The van der Waals surface area contributed by atoms with Crippen molar-refractivity contribution in [3.63, 3.8) is 0 Å². The number of aryl methyl sites for hydroxylation is 2. The van der Waals surface area contributed by atoms with Gasteiger partial charge in [-0.25, -0.2) is 9.37 Å². The van der Waals surface area contributed by atoms with Crippen molar-refractivity contribution in [3.05, 3.63) is 69.4 Å². The number of piperazine rings is 1. The predicted molar refractivity (Wildman–Crippen MR) is 131 cm³/mol. The van der Waals surface area contributed by atoms with E-state index in [1.807, 2.05) is 19.9 Å². The SMILES string of the molecule is CCN1CCN(c2ccc(NC(=O)c3sc(COc4ccc(F)cc4)nc3C)c(C)c2)CC1. The third-order valence-electron chi connectivity index (χ3n) is 5.87. The maximum absolute atomic E-state index is 13.0. The number of thiazole rings is 1. The van der Waals surface area contributed by atoms with Crippen LogP contribution in [0, 0.1) is 19.7 Å². The van der Waals surface area contributed by atoms with E-state index < -0.39 is 0 Å². The fraction of sp³-hybridized carbons (Fsp3) is 0.360. The van der Waals surface area contributed by atoms with Crippen molar-refractivity contribution in [1.82, 2.24) is 9.88 Å². The van der Waals surface area contributed by atoms with E-state index in [0.29, 0.717) is 21.3 Å². The molecule has 1 N–H and O–H groups in total. The number of nitrogens with zero attached hydrogens (tertiary/aromatic N) is 3. The Morgan fingerprint density at radius 1 is 1.12 bits per heavy atom. The van der Waals surface area contributed by atoms with Crippen LogP contribution in [0.15, 0.2) is 42.5 Å². The summed E-state index contributed by atoms with van der Waals surface area (Å²) >= 11 is 1.31. The molecule has 0 bridgehead atoms. The molecular formula is C25H29FN4O2S. The number of hydrogen-bond acceptors (Lipinski definition) is 6. The second-order valence-corrected chi connectivity index (χ2v) is 9.22. The third-order valence-corrected chi connectivity index (χ3v) is 7.00. The molecule has 0 unspecified atom stereocenters. The number of anilines is 2. The first-order chi connectivity index (χ1) is 15.9. The normalized spacial score (nSPS) is 14.4. The van der Waals surface area contributed by atoms with E-state index >= 15 is 0 Å². The summed E-state index contributed by atoms with van der Waals surface area (Å²) in [6, 6.07) is 12.0. The van der Waals surface area contributed by atoms with E-state index in [4.69, 9.17) is 4.74 Å². The number of amides is 1. The summed E-state index contributed by atoms with van der Waals surface area (Å²) in [5.74, 6) is 0.0707. The van der Waals surface area contributed by atoms with Crippen LogP contribution < -0.4 is 15.0 Å². The number of nitrogens with one attached hydrogen (secondary N) is 1. The number of ether oxygens (including phenoxy) is 1. The zero-order valence-corrected chi connectivity index (χ0v) is 20.0. The highest BCUT2D eigenvalue weighted by atomic mass is 32.1. The predicted octanol–water partition coefficient (Wildman–Crippen LogP) is 4.87. The van der Waals surface area contributed by atoms with Crippen molar-refractivity contribution in [2.75, 3.05) is 42.9 Å². The number of benzene rings is 2. The standard InChI is InChI=1S/C25H29FN4O2S/c1-4-29-11-13-30(14-12-29)20-7-10-22(17(2)15-20)28-25(31)24-18(3)27-23(33-24)16-32-21-8-5-19(26)6-9-21/h5-10,15H,4,11-14,16H2,1-3H3,(H,28,31). The Morgan fingerprint density at radius 2 is 1.85 bits per heavy atom. The number of halogens is 1. The fourth-order valence-electron chi connectivity index (χ4n) is 3.89. The van der Waals surface area contributed by atoms with Gasteiger partial charge in [0.15, 0.2) is 0 Å². The largest absolute Gasteiger partial charge is 0.486 e. The molecule has 174 valence electrons. The van der Waals surface area contributed by atoms with E-state index in [2.05, 4.69) is 39.2 Å². The quantitative estimate of drug-likeness (QED) is 0.536. The van der Waals surface area contributed by atoms with Crippen molar-refractivity contribution >= 4 is 28.6 Å². The monoisotopic (exact) mass is 468 g/mol. The van der Waals surface area contributed by atoms with Crippen molar-refractivity contribution in [2.24, 2.45) is 0 Å². The summed E-state index contributed by atoms with van der Waals surface area (Å²) < 4.78 is 18.7. The van der Waals surface area contributed by atoms with Gasteiger partial charge >= 0.3 is 0 Å². The van der Waals surface area contributed by atoms with Gasteiger partial charge < -0.3 is 19.9 Å². The summed E-state index contributed by atoms with van der Waals surface area (Å²) in [6.07, 6.45) is 0. The summed E-state index contributed by atoms with van der Waals surface area (Å²) in [5, 5.41) is 3.72. The van der Waals surface area contributed by atoms with E-state index in [1.165, 1.54) is 29.2 Å². The van der Waals surface area contributed by atoms with Crippen LogP contribution in [0.1, 0.15) is 32.9 Å². The molecular weight excluding hydrogens is 439 g/mol. The van der Waals surface area contributed by atoms with Crippen molar-refractivity contribution < 1.29 is 13.9 Å². The van der Waals surface area contributed by atoms with Crippen LogP contribution in [0.25, 0.3) is 0 Å². The molecule has 1 aliphatic heterocycles. The van der Waals surface area contributed by atoms with Gasteiger partial charge in [-0.15, -0.1) is 11.3 Å². The molecule has 2 heterocycles. The topological polar surface area (TPSA) is 57.7 Å². The van der Waals surface area contributed by atoms with Crippen molar-refractivity contribution in [1.29, 1.82) is 0 Å². The molecule has 8 heteroatoms. The number of likely N-dealkylation sites (N-methyl/N-ethyl adjacent to an activating group) is 1. The average Bonchev–Trinajstić information content (AvgIpc) is 3.20. The lowest BCUT2D eigenvalue weighted by Gasteiger charge is -2.35. The van der Waals surface area contributed by atoms with Crippen LogP contribution in [0.2, 0.25) is 0 Å². The van der Waals surface area contributed by atoms with E-state index in [1.54, 1.807) is 12.1 Å². The lowest BCUT2D eigenvalue weighted by Crippen LogP contribution is -2.46. The molecule has 1 aliphatic rings. The molecule has 0 atom stereocenters. The molecule has 0 aliphatic carbocycles. The molecule has 33 heavy (non-hydrogen) atoms. The molecule has 0 radical (unpaired) electrons. The van der Waals surface area contributed by atoms with Gasteiger partial charge in [-0.05, 0) is 68.4 Å². The molecule has 6 nitrogen and oxygen atoms in total. The van der Waals surface area contributed by atoms with Gasteiger partial charge in [0.25, 0.3) is 5.91 Å². The molecule has 1 aromatic heterocycles. The zero-order valence-electron chi connectivity index (χ0n) is 19.2. The van der Waals surface area contributed by atoms with E-state index in [9.17, 15) is 9.18 Å². The highest BCUT2D eigenvalue weighted by molar-refractivity contribution is 7.13. The highest BCUT2D eigenvalue weighted by Crippen LogP contribution is 2.26. The Labute approximate surface area is 198 Å². The smallest absolute Gasteiger partial charge is 0.267 e. The van der Waals surface area contributed by atoms with E-state index in [0.717, 1.165) is 44.0 Å². The van der Waals surface area contributed by atoms with Crippen molar-refractivity contribution in [2.45, 2.75) is 27.4 Å². The molecule has 1 amide bonds. The summed E-state index contributed by atoms with van der Waals surface area (Å²) in [4.78, 5) is 22.8. The number of hydrogen-bond donors (Lipinski definition) is 1. The molecule has 1 fully saturated rings. The number of aromatic nitrogens is 1. The second kappa shape index (κ2) is 10.3. The first-order valence-electron chi connectivity index (χ1n) is 11.2. The fourth-order valence-corrected chi connectivity index (χ4v) is 4.76. The van der Waals surface area contributed by atoms with Gasteiger partial charge in [-0.2, -0.15) is 0 Å². The van der Waals surface area contributed by atoms with Crippen LogP contribution >= 0.6 is 11.3 Å². The van der Waals surface area contributed by atoms with Gasteiger partial charge in [-0.1, -0.05) is 6.92 Å². The van der Waals surface area contributed by atoms with Crippen LogP contribution in [0.3, 0.4) is 0 Å². The number of rotatable bonds is 7. The van der Waals surface area contributed by atoms with Gasteiger partial charge in [-0.3, -0.25) is 4.79 Å². The summed E-state index contributed by atoms with van der Waals surface area (Å²) in [6.45, 7) is 11.5. The third kappa shape index (κ3) is 5.69. The van der Waals surface area contributed by atoms with Crippen LogP contribution in [-0.4, -0.2) is 48.5 Å². The number of carbonyl (C=O) groups is 1. The van der Waals surface area contributed by atoms with Gasteiger partial charge in [0, 0.05) is 37.6 Å². The lowest BCUT2D eigenvalue weighted by atomic mass is 10.1. The molecule has 3 aromatic rings. The van der Waals surface area contributed by atoms with Gasteiger partial charge in [0.2, 0.25) is 0 Å². The van der Waals surface area contributed by atoms with Crippen LogP contribution in [0.5, 0.6) is 5.75 Å². The Kier molecular flexibility index (Phi) is 7.25. The maximum Gasteiger partial charge on any atom is 0.267 e. The first kappa shape index (κ1) is 23.2. The lowest BCUT2D eigenvalue weighted by molar-refractivity contribution is 0.102. The van der Waals surface area contributed by atoms with Crippen LogP contribution in [0.4, 0.5) is 15.8 Å². The van der Waals surface area contributed by atoms with Gasteiger partial charge in [0.1, 0.15) is 28.1 Å². The maximum atomic E-state index is 13.0. The molecule has 0 saturated carbocycles. The zero-order chi connectivity index (χ0) is 23.4. The number of carbonyl (C=O) groups excluding carboxylic acids is 1. The minimum Gasteiger partial charge on any atom is -0.486 e. The van der Waals surface area contributed by atoms with Gasteiger partial charge in [0.05, 0.1) is 5.69 Å². The Morgan fingerprint density at radius 3 is 2.52 bits per heavy atom. The Bertz CT molecular complexity index is 1110. The first-order valence-corrected chi connectivity index (χ1v) is 12.0. The summed E-state index contributed by atoms with van der Waals surface area (Å²) in [7, 11) is 0. The highest BCUT2D eigenvalue weighted by Gasteiger charge is 2.19. The minimum absolute atomic E-state index is 0.176. The summed E-state index contributed by atoms with van der Waals surface area (Å²) in [5.41, 5.74) is 3.68. The van der Waals surface area contributed by atoms with Crippen molar-refractivity contribution in [3.8, 4) is 5.75 Å². The molecule has 1 saturated heterocycles. The Balaban J connectivity index is 1.38. The minimum atomic E-state index is -0.311. The second-order valence-electron chi connectivity index (χ2n) is 8.14. The molecule has 4 rings (SSSR count). The molecule has 2 aromatic carbocycles. The van der Waals surface area contributed by atoms with Crippen LogP contribution in [-0.2, 0) is 6.61 Å². The van der Waals surface area contributed by atoms with E-state index in [-0.39, 0.29) is 18.3 Å². The average molecular weight is 469 g/mol. The molecule has 0 spiro atoms.